The highest BCUT2D eigenvalue weighted by molar-refractivity contribution is 6.31. The Morgan fingerprint density at radius 2 is 1.89 bits per heavy atom. The number of nitrogens with one attached hydrogen (secondary N) is 1. The highest BCUT2D eigenvalue weighted by Gasteiger charge is 2.38. The number of halogens is 1. The van der Waals surface area contributed by atoms with Crippen LogP contribution in [0.1, 0.15) is 18.9 Å². The van der Waals surface area contributed by atoms with Crippen molar-refractivity contribution >= 4 is 29.0 Å². The van der Waals surface area contributed by atoms with E-state index in [1.54, 1.807) is 63.6 Å². The van der Waals surface area contributed by atoms with Crippen molar-refractivity contribution in [1.82, 2.24) is 5.06 Å². The number of carbonyl (C=O) groups is 1. The SMILES string of the molecule is COc1cc(NC(=O)CC2(C)N=C(c3cccc(Cl)c3)N(C)O2)cc(OC)c1. The number of carbonyl (C=O) groups excluding carboxylic acids is 1. The van der Waals surface area contributed by atoms with Gasteiger partial charge in [0.05, 0.1) is 20.6 Å². The lowest BCUT2D eigenvalue weighted by atomic mass is 10.1. The molecule has 0 fully saturated rings. The predicted molar refractivity (Wildman–Crippen MR) is 108 cm³/mol. The highest BCUT2D eigenvalue weighted by atomic mass is 35.5. The molecule has 0 aromatic heterocycles. The molecule has 1 unspecified atom stereocenters. The molecule has 1 amide bonds. The number of anilines is 1. The number of rotatable bonds is 6. The molecule has 0 radical (unpaired) electrons. The molecule has 2 aromatic rings. The third-order valence-corrected chi connectivity index (χ3v) is 4.42. The van der Waals surface area contributed by atoms with Gasteiger partial charge in [-0.05, 0) is 19.1 Å². The molecule has 148 valence electrons. The van der Waals surface area contributed by atoms with Gasteiger partial charge in [-0.1, -0.05) is 23.7 Å². The molecule has 0 saturated heterocycles. The summed E-state index contributed by atoms with van der Waals surface area (Å²) in [5, 5.41) is 4.99. The molecule has 28 heavy (non-hydrogen) atoms. The van der Waals surface area contributed by atoms with E-state index in [0.29, 0.717) is 28.0 Å². The lowest BCUT2D eigenvalue weighted by molar-refractivity contribution is -0.164. The predicted octanol–water partition coefficient (Wildman–Crippen LogP) is 3.73. The monoisotopic (exact) mass is 403 g/mol. The van der Waals surface area contributed by atoms with Gasteiger partial charge in [0.2, 0.25) is 5.91 Å². The van der Waals surface area contributed by atoms with Crippen LogP contribution in [0.3, 0.4) is 0 Å². The van der Waals surface area contributed by atoms with Gasteiger partial charge in [0.25, 0.3) is 0 Å². The smallest absolute Gasteiger partial charge is 0.229 e. The molecule has 8 heteroatoms. The zero-order valence-corrected chi connectivity index (χ0v) is 16.9. The number of amidine groups is 1. The van der Waals surface area contributed by atoms with Crippen molar-refractivity contribution < 1.29 is 19.1 Å². The Hall–Kier alpha value is -2.77. The van der Waals surface area contributed by atoms with Crippen molar-refractivity contribution in [2.75, 3.05) is 26.6 Å². The van der Waals surface area contributed by atoms with Gasteiger partial charge in [-0.25, -0.2) is 14.9 Å². The molecule has 2 aromatic carbocycles. The number of methoxy groups -OCH3 is 2. The Kier molecular flexibility index (Phi) is 5.76. The molecule has 0 saturated carbocycles. The van der Waals surface area contributed by atoms with Crippen LogP contribution in [-0.4, -0.2) is 43.8 Å². The van der Waals surface area contributed by atoms with Gasteiger partial charge in [-0.2, -0.15) is 0 Å². The molecule has 1 N–H and O–H groups in total. The van der Waals surface area contributed by atoms with E-state index in [0.717, 1.165) is 5.56 Å². The number of ether oxygens (including phenoxy) is 2. The minimum absolute atomic E-state index is 0.0287. The van der Waals surface area contributed by atoms with E-state index in [4.69, 9.17) is 25.9 Å². The standard InChI is InChI=1S/C20H22ClN3O4/c1-20(23-19(24(2)28-20)13-6-5-7-14(21)8-13)12-18(25)22-15-9-16(26-3)11-17(10-15)27-4/h5-11H,12H2,1-4H3,(H,22,25). The van der Waals surface area contributed by atoms with Crippen LogP contribution in [-0.2, 0) is 9.63 Å². The molecule has 3 rings (SSSR count). The molecular weight excluding hydrogens is 382 g/mol. The normalized spacial score (nSPS) is 18.6. The van der Waals surface area contributed by atoms with Crippen LogP contribution in [0.25, 0.3) is 0 Å². The fraction of sp³-hybridized carbons (Fsp3) is 0.300. The van der Waals surface area contributed by atoms with Gasteiger partial charge in [0.1, 0.15) is 11.5 Å². The first kappa shape index (κ1) is 20.0. The molecule has 0 spiro atoms. The summed E-state index contributed by atoms with van der Waals surface area (Å²) < 4.78 is 10.4. The van der Waals surface area contributed by atoms with Crippen LogP contribution in [0.2, 0.25) is 5.02 Å². The van der Waals surface area contributed by atoms with Gasteiger partial charge in [-0.15, -0.1) is 0 Å². The number of amides is 1. The molecule has 1 aliphatic heterocycles. The quantitative estimate of drug-likeness (QED) is 0.795. The number of nitrogens with zero attached hydrogens (tertiary/aromatic N) is 2. The summed E-state index contributed by atoms with van der Waals surface area (Å²) in [6.07, 6.45) is 0.0287. The summed E-state index contributed by atoms with van der Waals surface area (Å²) in [4.78, 5) is 23.0. The van der Waals surface area contributed by atoms with Crippen LogP contribution in [0.4, 0.5) is 5.69 Å². The van der Waals surface area contributed by atoms with Gasteiger partial charge in [0, 0.05) is 41.5 Å². The van der Waals surface area contributed by atoms with E-state index >= 15 is 0 Å². The van der Waals surface area contributed by atoms with Crippen LogP contribution in [0.15, 0.2) is 47.5 Å². The van der Waals surface area contributed by atoms with Gasteiger partial charge in [-0.3, -0.25) is 4.79 Å². The van der Waals surface area contributed by atoms with Crippen LogP contribution in [0.5, 0.6) is 11.5 Å². The average molecular weight is 404 g/mol. The second-order valence-corrected chi connectivity index (χ2v) is 6.97. The number of benzene rings is 2. The Morgan fingerprint density at radius 1 is 1.21 bits per heavy atom. The highest BCUT2D eigenvalue weighted by Crippen LogP contribution is 2.30. The molecule has 1 heterocycles. The molecule has 1 aliphatic rings. The molecule has 7 nitrogen and oxygen atoms in total. The van der Waals surface area contributed by atoms with Gasteiger partial charge in [0.15, 0.2) is 11.6 Å². The number of hydrogen-bond donors (Lipinski definition) is 1. The summed E-state index contributed by atoms with van der Waals surface area (Å²) in [5.74, 6) is 1.53. The third-order valence-electron chi connectivity index (χ3n) is 4.18. The van der Waals surface area contributed by atoms with Crippen molar-refractivity contribution in [3.05, 3.63) is 53.1 Å². The lowest BCUT2D eigenvalue weighted by Crippen LogP contribution is -2.32. The van der Waals surface area contributed by atoms with Crippen molar-refractivity contribution in [2.24, 2.45) is 4.99 Å². The van der Waals surface area contributed by atoms with Crippen molar-refractivity contribution in [3.8, 4) is 11.5 Å². The van der Waals surface area contributed by atoms with Crippen molar-refractivity contribution in [2.45, 2.75) is 19.1 Å². The molecule has 0 aliphatic carbocycles. The first-order valence-corrected chi connectivity index (χ1v) is 9.01. The van der Waals surface area contributed by atoms with E-state index in [2.05, 4.69) is 10.3 Å². The van der Waals surface area contributed by atoms with Crippen molar-refractivity contribution in [3.63, 3.8) is 0 Å². The first-order chi connectivity index (χ1) is 13.3. The van der Waals surface area contributed by atoms with E-state index in [1.165, 1.54) is 0 Å². The topological polar surface area (TPSA) is 72.4 Å². The summed E-state index contributed by atoms with van der Waals surface area (Å²) in [7, 11) is 4.85. The maximum Gasteiger partial charge on any atom is 0.229 e. The number of aliphatic imine (C=N–C) groups is 1. The van der Waals surface area contributed by atoms with E-state index in [1.807, 2.05) is 12.1 Å². The minimum atomic E-state index is -1.03. The van der Waals surface area contributed by atoms with Crippen LogP contribution in [0, 0.1) is 0 Å². The number of hydrogen-bond acceptors (Lipinski definition) is 6. The van der Waals surface area contributed by atoms with E-state index < -0.39 is 5.72 Å². The Balaban J connectivity index is 1.75. The fourth-order valence-electron chi connectivity index (χ4n) is 2.98. The molecular formula is C20H22ClN3O4. The van der Waals surface area contributed by atoms with Crippen LogP contribution < -0.4 is 14.8 Å². The number of hydroxylamine groups is 2. The zero-order chi connectivity index (χ0) is 20.3. The van der Waals surface area contributed by atoms with E-state index in [-0.39, 0.29) is 12.3 Å². The second kappa shape index (κ2) is 8.08. The maximum absolute atomic E-state index is 12.6. The Bertz CT molecular complexity index is 896. The van der Waals surface area contributed by atoms with Crippen LogP contribution >= 0.6 is 11.6 Å². The van der Waals surface area contributed by atoms with Gasteiger partial charge >= 0.3 is 0 Å². The lowest BCUT2D eigenvalue weighted by Gasteiger charge is -2.21. The molecule has 1 atom stereocenters. The summed E-state index contributed by atoms with van der Waals surface area (Å²) in [5.41, 5.74) is 0.353. The fourth-order valence-corrected chi connectivity index (χ4v) is 3.17. The van der Waals surface area contributed by atoms with E-state index in [9.17, 15) is 4.79 Å². The van der Waals surface area contributed by atoms with Gasteiger partial charge < -0.3 is 14.8 Å². The maximum atomic E-state index is 12.6. The summed E-state index contributed by atoms with van der Waals surface area (Å²) in [6, 6.07) is 12.5. The Labute approximate surface area is 168 Å². The molecule has 0 bridgehead atoms. The Morgan fingerprint density at radius 3 is 2.50 bits per heavy atom. The minimum Gasteiger partial charge on any atom is -0.497 e. The largest absolute Gasteiger partial charge is 0.497 e. The average Bonchev–Trinajstić information content (AvgIpc) is 2.95. The summed E-state index contributed by atoms with van der Waals surface area (Å²) in [6.45, 7) is 1.76. The van der Waals surface area contributed by atoms with Crippen molar-refractivity contribution in [1.29, 1.82) is 0 Å². The summed E-state index contributed by atoms with van der Waals surface area (Å²) >= 11 is 6.07. The first-order valence-electron chi connectivity index (χ1n) is 8.63. The third kappa shape index (κ3) is 4.55. The zero-order valence-electron chi connectivity index (χ0n) is 16.2. The second-order valence-electron chi connectivity index (χ2n) is 6.54.